The maximum atomic E-state index is 11.2. The first kappa shape index (κ1) is 18.7. The van der Waals surface area contributed by atoms with Crippen LogP contribution in [0.1, 0.15) is 33.6 Å². The number of nitrogens with one attached hydrogen (secondary N) is 2. The van der Waals surface area contributed by atoms with E-state index in [0.717, 1.165) is 0 Å². The van der Waals surface area contributed by atoms with Crippen molar-refractivity contribution in [1.29, 1.82) is 0 Å². The molecule has 1 fully saturated rings. The molecule has 0 spiro atoms. The zero-order valence-corrected chi connectivity index (χ0v) is 14.7. The minimum Gasteiger partial charge on any atom is -0.465 e. The molecule has 1 amide bonds. The fourth-order valence-corrected chi connectivity index (χ4v) is 2.60. The minimum absolute atomic E-state index is 0.174. The monoisotopic (exact) mass is 352 g/mol. The van der Waals surface area contributed by atoms with Crippen molar-refractivity contribution in [2.75, 3.05) is 30.3 Å². The number of nitro groups is 1. The van der Waals surface area contributed by atoms with Crippen LogP contribution in [0.3, 0.4) is 0 Å². The molecule has 0 atom stereocenters. The van der Waals surface area contributed by atoms with Gasteiger partial charge in [-0.25, -0.2) is 9.78 Å². The Bertz CT molecular complexity index is 637. The fourth-order valence-electron chi connectivity index (χ4n) is 2.60. The number of anilines is 2. The van der Waals surface area contributed by atoms with Crippen LogP contribution in [0.4, 0.5) is 22.2 Å². The first-order valence-corrected chi connectivity index (χ1v) is 8.17. The summed E-state index contributed by atoms with van der Waals surface area (Å²) < 4.78 is 0. The maximum Gasteiger partial charge on any atom is 0.407 e. The summed E-state index contributed by atoms with van der Waals surface area (Å²) in [7, 11) is 0. The van der Waals surface area contributed by atoms with Crippen LogP contribution in [0.25, 0.3) is 0 Å². The number of hydrogen-bond acceptors (Lipinski definition) is 7. The van der Waals surface area contributed by atoms with Gasteiger partial charge in [0.15, 0.2) is 0 Å². The van der Waals surface area contributed by atoms with Gasteiger partial charge in [-0.05, 0) is 39.5 Å². The van der Waals surface area contributed by atoms with E-state index in [-0.39, 0.29) is 23.0 Å². The second kappa shape index (κ2) is 7.49. The lowest BCUT2D eigenvalue weighted by atomic mass is 9.97. The first-order chi connectivity index (χ1) is 11.7. The summed E-state index contributed by atoms with van der Waals surface area (Å²) in [6.45, 7) is 7.29. The molecule has 138 valence electrons. The third-order valence-electron chi connectivity index (χ3n) is 3.90. The van der Waals surface area contributed by atoms with Crippen molar-refractivity contribution in [3.8, 4) is 0 Å². The number of nitrogens with zero attached hydrogens (tertiary/aromatic N) is 4. The standard InChI is InChI=1S/C15H24N6O4/c1-15(2,3)19-13-17-9-11(21(24)25)12(18-13)16-8-10-4-6-20(7-5-10)14(22)23/h9-10H,4-8H2,1-3H3,(H,22,23)(H2,16,17,18,19). The number of likely N-dealkylation sites (tertiary alicyclic amines) is 1. The molecular formula is C15H24N6O4. The van der Waals surface area contributed by atoms with Gasteiger partial charge in [0.2, 0.25) is 11.8 Å². The summed E-state index contributed by atoms with van der Waals surface area (Å²) in [5.74, 6) is 0.734. The highest BCUT2D eigenvalue weighted by Gasteiger charge is 2.24. The summed E-state index contributed by atoms with van der Waals surface area (Å²) in [6, 6.07) is 0. The smallest absolute Gasteiger partial charge is 0.407 e. The Balaban J connectivity index is 2.03. The van der Waals surface area contributed by atoms with Crippen molar-refractivity contribution in [1.82, 2.24) is 14.9 Å². The average molecular weight is 352 g/mol. The molecular weight excluding hydrogens is 328 g/mol. The van der Waals surface area contributed by atoms with Gasteiger partial charge in [-0.2, -0.15) is 4.98 Å². The number of amides is 1. The van der Waals surface area contributed by atoms with E-state index in [4.69, 9.17) is 5.11 Å². The van der Waals surface area contributed by atoms with Crippen molar-refractivity contribution in [3.63, 3.8) is 0 Å². The number of carbonyl (C=O) groups is 1. The van der Waals surface area contributed by atoms with Gasteiger partial charge < -0.3 is 20.6 Å². The summed E-state index contributed by atoms with van der Waals surface area (Å²) in [5, 5.41) is 26.3. The third-order valence-corrected chi connectivity index (χ3v) is 3.90. The van der Waals surface area contributed by atoms with Gasteiger partial charge in [-0.1, -0.05) is 0 Å². The molecule has 1 aromatic rings. The van der Waals surface area contributed by atoms with E-state index in [1.54, 1.807) is 0 Å². The fraction of sp³-hybridized carbons (Fsp3) is 0.667. The Kier molecular flexibility index (Phi) is 5.60. The SMILES string of the molecule is CC(C)(C)Nc1ncc([N+](=O)[O-])c(NCC2CCN(C(=O)O)CC2)n1. The molecule has 10 heteroatoms. The van der Waals surface area contributed by atoms with Gasteiger partial charge in [-0.15, -0.1) is 0 Å². The quantitative estimate of drug-likeness (QED) is 0.543. The van der Waals surface area contributed by atoms with Gasteiger partial charge in [0.1, 0.15) is 6.20 Å². The number of piperidine rings is 1. The average Bonchev–Trinajstić information content (AvgIpc) is 2.51. The van der Waals surface area contributed by atoms with E-state index >= 15 is 0 Å². The van der Waals surface area contributed by atoms with Crippen LogP contribution in [0.5, 0.6) is 0 Å². The van der Waals surface area contributed by atoms with Gasteiger partial charge >= 0.3 is 11.8 Å². The molecule has 25 heavy (non-hydrogen) atoms. The van der Waals surface area contributed by atoms with E-state index in [0.29, 0.717) is 38.4 Å². The highest BCUT2D eigenvalue weighted by molar-refractivity contribution is 5.65. The van der Waals surface area contributed by atoms with Gasteiger partial charge in [0.05, 0.1) is 4.92 Å². The zero-order chi connectivity index (χ0) is 18.6. The molecule has 0 radical (unpaired) electrons. The Morgan fingerprint density at radius 3 is 2.60 bits per heavy atom. The summed E-state index contributed by atoms with van der Waals surface area (Å²) in [4.78, 5) is 31.2. The third kappa shape index (κ3) is 5.44. The van der Waals surface area contributed by atoms with Crippen molar-refractivity contribution < 1.29 is 14.8 Å². The number of hydrogen-bond donors (Lipinski definition) is 3. The molecule has 1 aliphatic heterocycles. The molecule has 0 bridgehead atoms. The molecule has 0 unspecified atom stereocenters. The lowest BCUT2D eigenvalue weighted by Crippen LogP contribution is -2.39. The van der Waals surface area contributed by atoms with Crippen LogP contribution in [-0.4, -0.2) is 56.2 Å². The minimum atomic E-state index is -0.907. The van der Waals surface area contributed by atoms with Crippen molar-refractivity contribution >= 4 is 23.5 Å². The first-order valence-electron chi connectivity index (χ1n) is 8.17. The van der Waals surface area contributed by atoms with E-state index in [9.17, 15) is 14.9 Å². The van der Waals surface area contributed by atoms with Crippen molar-refractivity contribution in [2.45, 2.75) is 39.2 Å². The predicted octanol–water partition coefficient (Wildman–Crippen LogP) is 2.40. The second-order valence-corrected chi connectivity index (χ2v) is 7.15. The van der Waals surface area contributed by atoms with E-state index in [2.05, 4.69) is 20.6 Å². The molecule has 1 saturated heterocycles. The van der Waals surface area contributed by atoms with Crippen LogP contribution in [0.15, 0.2) is 6.20 Å². The van der Waals surface area contributed by atoms with Gasteiger partial charge in [-0.3, -0.25) is 10.1 Å². The van der Waals surface area contributed by atoms with Crippen LogP contribution in [0.2, 0.25) is 0 Å². The summed E-state index contributed by atoms with van der Waals surface area (Å²) >= 11 is 0. The molecule has 1 aliphatic rings. The Morgan fingerprint density at radius 2 is 2.08 bits per heavy atom. The molecule has 0 aliphatic carbocycles. The number of aromatic nitrogens is 2. The van der Waals surface area contributed by atoms with Crippen molar-refractivity contribution in [2.24, 2.45) is 5.92 Å². The second-order valence-electron chi connectivity index (χ2n) is 7.15. The maximum absolute atomic E-state index is 11.2. The predicted molar refractivity (Wildman–Crippen MR) is 92.9 cm³/mol. The van der Waals surface area contributed by atoms with Crippen LogP contribution < -0.4 is 10.6 Å². The molecule has 1 aromatic heterocycles. The van der Waals surface area contributed by atoms with Gasteiger partial charge in [0, 0.05) is 25.2 Å². The van der Waals surface area contributed by atoms with E-state index < -0.39 is 11.0 Å². The zero-order valence-electron chi connectivity index (χ0n) is 14.7. The number of rotatable bonds is 5. The molecule has 0 saturated carbocycles. The van der Waals surface area contributed by atoms with E-state index in [1.807, 2.05) is 20.8 Å². The Hall–Kier alpha value is -2.65. The summed E-state index contributed by atoms with van der Waals surface area (Å²) in [6.07, 6.45) is 1.71. The lowest BCUT2D eigenvalue weighted by Gasteiger charge is -2.30. The van der Waals surface area contributed by atoms with Crippen LogP contribution in [0, 0.1) is 16.0 Å². The van der Waals surface area contributed by atoms with E-state index in [1.165, 1.54) is 11.1 Å². The largest absolute Gasteiger partial charge is 0.465 e. The number of carboxylic acid groups (broad SMARTS) is 1. The molecule has 10 nitrogen and oxygen atoms in total. The molecule has 2 rings (SSSR count). The normalized spacial score (nSPS) is 15.7. The van der Waals surface area contributed by atoms with Crippen molar-refractivity contribution in [3.05, 3.63) is 16.3 Å². The topological polar surface area (TPSA) is 134 Å². The van der Waals surface area contributed by atoms with Crippen LogP contribution in [-0.2, 0) is 0 Å². The molecule has 0 aromatic carbocycles. The highest BCUT2D eigenvalue weighted by atomic mass is 16.6. The lowest BCUT2D eigenvalue weighted by molar-refractivity contribution is -0.384. The highest BCUT2D eigenvalue weighted by Crippen LogP contribution is 2.25. The molecule has 3 N–H and O–H groups in total. The Labute approximate surface area is 145 Å². The van der Waals surface area contributed by atoms with Crippen LogP contribution >= 0.6 is 0 Å². The molecule has 2 heterocycles. The Morgan fingerprint density at radius 1 is 1.44 bits per heavy atom. The summed E-state index contributed by atoms with van der Waals surface area (Å²) in [5.41, 5.74) is -0.445. The van der Waals surface area contributed by atoms with Gasteiger partial charge in [0.25, 0.3) is 0 Å².